The van der Waals surface area contributed by atoms with E-state index in [9.17, 15) is 9.59 Å². The lowest BCUT2D eigenvalue weighted by Crippen LogP contribution is -2.15. The summed E-state index contributed by atoms with van der Waals surface area (Å²) >= 11 is 0. The van der Waals surface area contributed by atoms with Crippen LogP contribution in [0.25, 0.3) is 10.9 Å². The number of aryl methyl sites for hydroxylation is 1. The fourth-order valence-electron chi connectivity index (χ4n) is 2.68. The van der Waals surface area contributed by atoms with E-state index >= 15 is 0 Å². The lowest BCUT2D eigenvalue weighted by Gasteiger charge is -2.09. The molecular formula is C19H18N2O3. The van der Waals surface area contributed by atoms with Crippen molar-refractivity contribution in [2.45, 2.75) is 12.8 Å². The number of H-pyrrole nitrogens is 1. The Labute approximate surface area is 139 Å². The molecule has 1 amide bonds. The van der Waals surface area contributed by atoms with Crippen molar-refractivity contribution in [1.29, 1.82) is 0 Å². The molecule has 1 aromatic heterocycles. The number of fused-ring (bicyclic) bond motifs is 1. The number of anilines is 1. The van der Waals surface area contributed by atoms with Crippen molar-refractivity contribution in [1.82, 2.24) is 4.98 Å². The molecule has 0 saturated heterocycles. The first-order valence-electron chi connectivity index (χ1n) is 7.71. The van der Waals surface area contributed by atoms with Gasteiger partial charge in [0.25, 0.3) is 0 Å². The Morgan fingerprint density at radius 3 is 2.67 bits per heavy atom. The number of hydrogen-bond donors (Lipinski definition) is 2. The monoisotopic (exact) mass is 322 g/mol. The summed E-state index contributed by atoms with van der Waals surface area (Å²) in [5.74, 6) is -0.612. The number of methoxy groups -OCH3 is 1. The maximum atomic E-state index is 12.2. The van der Waals surface area contributed by atoms with Crippen LogP contribution in [0, 0.1) is 0 Å². The third kappa shape index (κ3) is 3.30. The second-order valence-electron chi connectivity index (χ2n) is 5.44. The highest BCUT2D eigenvalue weighted by Crippen LogP contribution is 2.20. The molecule has 2 N–H and O–H groups in total. The van der Waals surface area contributed by atoms with Crippen LogP contribution in [0.2, 0.25) is 0 Å². The van der Waals surface area contributed by atoms with Crippen molar-refractivity contribution < 1.29 is 14.3 Å². The van der Waals surface area contributed by atoms with Gasteiger partial charge in [0.05, 0.1) is 18.4 Å². The fourth-order valence-corrected chi connectivity index (χ4v) is 2.68. The molecule has 0 aliphatic carbocycles. The smallest absolute Gasteiger partial charge is 0.339 e. The van der Waals surface area contributed by atoms with Crippen molar-refractivity contribution in [3.05, 3.63) is 65.9 Å². The van der Waals surface area contributed by atoms with E-state index in [0.717, 1.165) is 16.5 Å². The summed E-state index contributed by atoms with van der Waals surface area (Å²) in [6, 6.07) is 14.8. The number of benzene rings is 2. The minimum absolute atomic E-state index is 0.142. The number of ether oxygens (including phenoxy) is 1. The number of carbonyl (C=O) groups excluding carboxylic acids is 2. The predicted octanol–water partition coefficient (Wildman–Crippen LogP) is 3.53. The molecular weight excluding hydrogens is 304 g/mol. The van der Waals surface area contributed by atoms with E-state index in [4.69, 9.17) is 4.74 Å². The summed E-state index contributed by atoms with van der Waals surface area (Å²) in [7, 11) is 1.32. The van der Waals surface area contributed by atoms with Gasteiger partial charge in [0.2, 0.25) is 5.91 Å². The first-order chi connectivity index (χ1) is 11.7. The van der Waals surface area contributed by atoms with Gasteiger partial charge >= 0.3 is 5.97 Å². The Morgan fingerprint density at radius 1 is 1.08 bits per heavy atom. The number of amides is 1. The summed E-state index contributed by atoms with van der Waals surface area (Å²) in [4.78, 5) is 27.2. The third-order valence-electron chi connectivity index (χ3n) is 3.90. The molecule has 3 rings (SSSR count). The van der Waals surface area contributed by atoms with Gasteiger partial charge < -0.3 is 15.0 Å². The number of aromatic nitrogens is 1. The molecule has 0 aliphatic rings. The maximum Gasteiger partial charge on any atom is 0.339 e. The number of para-hydroxylation sites is 2. The molecule has 0 radical (unpaired) electrons. The van der Waals surface area contributed by atoms with Crippen LogP contribution in [0.4, 0.5) is 5.69 Å². The number of carbonyl (C=O) groups is 2. The molecule has 0 bridgehead atoms. The van der Waals surface area contributed by atoms with Crippen molar-refractivity contribution in [3.8, 4) is 0 Å². The van der Waals surface area contributed by atoms with Crippen molar-refractivity contribution in [2.75, 3.05) is 12.4 Å². The second kappa shape index (κ2) is 7.00. The maximum absolute atomic E-state index is 12.2. The van der Waals surface area contributed by atoms with Gasteiger partial charge in [0.1, 0.15) is 0 Å². The van der Waals surface area contributed by atoms with Gasteiger partial charge in [-0.05, 0) is 30.2 Å². The molecule has 2 aromatic carbocycles. The van der Waals surface area contributed by atoms with Gasteiger partial charge in [-0.3, -0.25) is 4.79 Å². The third-order valence-corrected chi connectivity index (χ3v) is 3.90. The molecule has 5 nitrogen and oxygen atoms in total. The van der Waals surface area contributed by atoms with E-state index in [0.29, 0.717) is 24.1 Å². The normalized spacial score (nSPS) is 10.5. The number of aromatic amines is 1. The second-order valence-corrected chi connectivity index (χ2v) is 5.44. The fraction of sp³-hybridized carbons (Fsp3) is 0.158. The van der Waals surface area contributed by atoms with Crippen molar-refractivity contribution in [3.63, 3.8) is 0 Å². The van der Waals surface area contributed by atoms with Gasteiger partial charge in [-0.1, -0.05) is 30.3 Å². The minimum Gasteiger partial charge on any atom is -0.465 e. The van der Waals surface area contributed by atoms with E-state index in [1.165, 1.54) is 7.11 Å². The van der Waals surface area contributed by atoms with Crippen LogP contribution in [0.3, 0.4) is 0 Å². The summed E-state index contributed by atoms with van der Waals surface area (Å²) in [6.07, 6.45) is 2.88. The molecule has 0 fully saturated rings. The van der Waals surface area contributed by atoms with Crippen LogP contribution in [0.15, 0.2) is 54.7 Å². The quantitative estimate of drug-likeness (QED) is 0.706. The van der Waals surface area contributed by atoms with Crippen LogP contribution >= 0.6 is 0 Å². The first kappa shape index (κ1) is 15.8. The Balaban J connectivity index is 1.67. The van der Waals surface area contributed by atoms with Crippen LogP contribution in [0.5, 0.6) is 0 Å². The predicted molar refractivity (Wildman–Crippen MR) is 93.0 cm³/mol. The van der Waals surface area contributed by atoms with E-state index in [-0.39, 0.29) is 5.91 Å². The Kier molecular flexibility index (Phi) is 4.61. The Bertz CT molecular complexity index is 883. The van der Waals surface area contributed by atoms with E-state index in [1.54, 1.807) is 24.3 Å². The minimum atomic E-state index is -0.470. The zero-order valence-electron chi connectivity index (χ0n) is 13.3. The molecule has 3 aromatic rings. The SMILES string of the molecule is COC(=O)c1ccccc1NC(=O)CCc1c[nH]c2ccccc12. The van der Waals surface area contributed by atoms with Crippen LogP contribution < -0.4 is 5.32 Å². The number of esters is 1. The van der Waals surface area contributed by atoms with Crippen molar-refractivity contribution in [2.24, 2.45) is 0 Å². The van der Waals surface area contributed by atoms with Crippen LogP contribution in [-0.4, -0.2) is 24.0 Å². The zero-order valence-corrected chi connectivity index (χ0v) is 13.3. The summed E-state index contributed by atoms with van der Waals surface area (Å²) in [5.41, 5.74) is 2.97. The van der Waals surface area contributed by atoms with Crippen molar-refractivity contribution >= 4 is 28.5 Å². The summed E-state index contributed by atoms with van der Waals surface area (Å²) in [6.45, 7) is 0. The number of hydrogen-bond acceptors (Lipinski definition) is 3. The highest BCUT2D eigenvalue weighted by atomic mass is 16.5. The Morgan fingerprint density at radius 2 is 1.83 bits per heavy atom. The topological polar surface area (TPSA) is 71.2 Å². The molecule has 0 unspecified atom stereocenters. The molecule has 0 spiro atoms. The average Bonchev–Trinajstić information content (AvgIpc) is 3.03. The average molecular weight is 322 g/mol. The van der Waals surface area contributed by atoms with Crippen LogP contribution in [-0.2, 0) is 16.0 Å². The molecule has 0 aliphatic heterocycles. The molecule has 0 atom stereocenters. The van der Waals surface area contributed by atoms with Gasteiger partial charge in [0, 0.05) is 23.5 Å². The zero-order chi connectivity index (χ0) is 16.9. The summed E-state index contributed by atoms with van der Waals surface area (Å²) in [5, 5.41) is 3.91. The van der Waals surface area contributed by atoms with Gasteiger partial charge in [-0.2, -0.15) is 0 Å². The summed E-state index contributed by atoms with van der Waals surface area (Å²) < 4.78 is 4.73. The van der Waals surface area contributed by atoms with E-state index < -0.39 is 5.97 Å². The molecule has 5 heteroatoms. The first-order valence-corrected chi connectivity index (χ1v) is 7.71. The van der Waals surface area contributed by atoms with Crippen LogP contribution in [0.1, 0.15) is 22.3 Å². The van der Waals surface area contributed by atoms with Gasteiger partial charge in [0.15, 0.2) is 0 Å². The van der Waals surface area contributed by atoms with E-state index in [2.05, 4.69) is 10.3 Å². The largest absolute Gasteiger partial charge is 0.465 e. The molecule has 1 heterocycles. The van der Waals surface area contributed by atoms with Gasteiger partial charge in [-0.15, -0.1) is 0 Å². The highest BCUT2D eigenvalue weighted by Gasteiger charge is 2.13. The standard InChI is InChI=1S/C19H18N2O3/c1-24-19(23)15-7-3-5-9-17(15)21-18(22)11-10-13-12-20-16-8-4-2-6-14(13)16/h2-9,12,20H,10-11H2,1H3,(H,21,22). The number of nitrogens with one attached hydrogen (secondary N) is 2. The number of rotatable bonds is 5. The lowest BCUT2D eigenvalue weighted by atomic mass is 10.1. The molecule has 0 saturated carbocycles. The highest BCUT2D eigenvalue weighted by molar-refractivity contribution is 6.01. The lowest BCUT2D eigenvalue weighted by molar-refractivity contribution is -0.116. The van der Waals surface area contributed by atoms with E-state index in [1.807, 2.05) is 30.5 Å². The van der Waals surface area contributed by atoms with Gasteiger partial charge in [-0.25, -0.2) is 4.79 Å². The molecule has 24 heavy (non-hydrogen) atoms. The molecule has 122 valence electrons. The Hall–Kier alpha value is -3.08.